The number of piperidine rings is 1. The molecule has 3 fully saturated rings. The van der Waals surface area contributed by atoms with Gasteiger partial charge in [-0.3, -0.25) is 5.32 Å². The number of hydrogen-bond acceptors (Lipinski definition) is 6. The SMILES string of the molecule is COC(=O)Nc1ccc2c(-c3nc(N[C@H]4CCC5(CC5)NC4)ncc3C(F)(F)F)c[nH]c2c1CC1CC1. The number of amides is 1. The molecule has 1 aromatic carbocycles. The standard InChI is InChI=1S/C26H29F3N6O2/c1-37-24(36)34-20-5-4-16-18(12-30-21(16)17(20)10-14-2-3-14)22-19(26(27,28)29)13-31-23(35-22)33-15-6-7-25(8-9-25)32-11-15/h4-5,12-15,30,32H,2-3,6-11H2,1H3,(H,34,36)(H,31,33,35)/t15-/m0/s1. The molecule has 1 amide bonds. The van der Waals surface area contributed by atoms with Crippen LogP contribution in [0, 0.1) is 5.92 Å². The van der Waals surface area contributed by atoms with E-state index in [4.69, 9.17) is 4.74 Å². The van der Waals surface area contributed by atoms with Crippen molar-refractivity contribution in [1.82, 2.24) is 20.3 Å². The Bertz CT molecular complexity index is 1340. The number of methoxy groups -OCH3 is 1. The Morgan fingerprint density at radius 1 is 1.22 bits per heavy atom. The highest BCUT2D eigenvalue weighted by Crippen LogP contribution is 2.44. The van der Waals surface area contributed by atoms with E-state index in [1.54, 1.807) is 18.3 Å². The van der Waals surface area contributed by atoms with Gasteiger partial charge in [-0.15, -0.1) is 0 Å². The molecule has 1 aliphatic heterocycles. The summed E-state index contributed by atoms with van der Waals surface area (Å²) in [5.41, 5.74) is 1.66. The minimum atomic E-state index is -4.62. The van der Waals surface area contributed by atoms with Gasteiger partial charge in [0.1, 0.15) is 5.56 Å². The van der Waals surface area contributed by atoms with Gasteiger partial charge in [0, 0.05) is 52.7 Å². The third-order valence-electron chi connectivity index (χ3n) is 7.81. The second-order valence-corrected chi connectivity index (χ2v) is 10.5. The van der Waals surface area contributed by atoms with Gasteiger partial charge in [-0.25, -0.2) is 14.8 Å². The Labute approximate surface area is 211 Å². The zero-order valence-electron chi connectivity index (χ0n) is 20.5. The first-order chi connectivity index (χ1) is 17.7. The van der Waals surface area contributed by atoms with Crippen LogP contribution in [0.4, 0.5) is 29.6 Å². The molecule has 0 unspecified atom stereocenters. The van der Waals surface area contributed by atoms with Gasteiger partial charge in [0.2, 0.25) is 5.95 Å². The number of aromatic nitrogens is 3. The molecule has 11 heteroatoms. The highest BCUT2D eigenvalue weighted by molar-refractivity contribution is 6.01. The molecular weight excluding hydrogens is 485 g/mol. The van der Waals surface area contributed by atoms with Gasteiger partial charge < -0.3 is 20.4 Å². The normalized spacial score (nSPS) is 20.7. The van der Waals surface area contributed by atoms with Crippen LogP contribution in [0.2, 0.25) is 0 Å². The number of carbonyl (C=O) groups is 1. The molecule has 8 nitrogen and oxygen atoms in total. The molecular formula is C26H29F3N6O2. The second kappa shape index (κ2) is 8.90. The minimum Gasteiger partial charge on any atom is -0.453 e. The number of anilines is 2. The topological polar surface area (TPSA) is 104 Å². The Kier molecular flexibility index (Phi) is 5.78. The van der Waals surface area contributed by atoms with Crippen LogP contribution in [0.5, 0.6) is 0 Å². The molecule has 0 bridgehead atoms. The van der Waals surface area contributed by atoms with Crippen molar-refractivity contribution < 1.29 is 22.7 Å². The number of nitrogens with one attached hydrogen (secondary N) is 4. The van der Waals surface area contributed by atoms with Gasteiger partial charge in [0.05, 0.1) is 18.3 Å². The molecule has 2 aromatic heterocycles. The third kappa shape index (κ3) is 4.84. The predicted molar refractivity (Wildman–Crippen MR) is 133 cm³/mol. The molecule has 1 saturated heterocycles. The van der Waals surface area contributed by atoms with Gasteiger partial charge in [-0.1, -0.05) is 6.07 Å². The van der Waals surface area contributed by atoms with Crippen LogP contribution >= 0.6 is 0 Å². The largest absolute Gasteiger partial charge is 0.453 e. The number of aromatic amines is 1. The van der Waals surface area contributed by atoms with E-state index in [0.29, 0.717) is 34.5 Å². The quantitative estimate of drug-likeness (QED) is 0.348. The number of fused-ring (bicyclic) bond motifs is 1. The molecule has 1 atom stereocenters. The van der Waals surface area contributed by atoms with Gasteiger partial charge in [0.25, 0.3) is 0 Å². The number of ether oxygens (including phenoxy) is 1. The first-order valence-electron chi connectivity index (χ1n) is 12.7. The van der Waals surface area contributed by atoms with Crippen molar-refractivity contribution in [1.29, 1.82) is 0 Å². The third-order valence-corrected chi connectivity index (χ3v) is 7.81. The number of halogens is 3. The van der Waals surface area contributed by atoms with Crippen LogP contribution < -0.4 is 16.0 Å². The molecule has 3 heterocycles. The number of hydrogen-bond donors (Lipinski definition) is 4. The van der Waals surface area contributed by atoms with Gasteiger partial charge in [-0.05, 0) is 56.9 Å². The fraction of sp³-hybridized carbons (Fsp3) is 0.500. The van der Waals surface area contributed by atoms with Gasteiger partial charge in [0.15, 0.2) is 0 Å². The number of rotatable bonds is 6. The first-order valence-corrected chi connectivity index (χ1v) is 12.7. The zero-order chi connectivity index (χ0) is 25.8. The minimum absolute atomic E-state index is 0.0517. The zero-order valence-corrected chi connectivity index (χ0v) is 20.5. The maximum absolute atomic E-state index is 14.0. The molecule has 3 aromatic rings. The number of alkyl halides is 3. The van der Waals surface area contributed by atoms with Crippen molar-refractivity contribution in [2.75, 3.05) is 24.3 Å². The number of nitrogens with zero attached hydrogens (tertiary/aromatic N) is 2. The maximum Gasteiger partial charge on any atom is 0.419 e. The summed E-state index contributed by atoms with van der Waals surface area (Å²) in [6.07, 6.45) is 4.38. The average molecular weight is 515 g/mol. The monoisotopic (exact) mass is 514 g/mol. The van der Waals surface area contributed by atoms with E-state index in [2.05, 4.69) is 30.9 Å². The lowest BCUT2D eigenvalue weighted by atomic mass is 9.99. The number of carbonyl (C=O) groups excluding carboxylic acids is 1. The maximum atomic E-state index is 14.0. The summed E-state index contributed by atoms with van der Waals surface area (Å²) in [7, 11) is 1.29. The lowest BCUT2D eigenvalue weighted by molar-refractivity contribution is -0.137. The summed E-state index contributed by atoms with van der Waals surface area (Å²) >= 11 is 0. The second-order valence-electron chi connectivity index (χ2n) is 10.5. The van der Waals surface area contributed by atoms with Crippen molar-refractivity contribution in [2.45, 2.75) is 62.7 Å². The number of benzene rings is 1. The number of H-pyrrole nitrogens is 1. The van der Waals surface area contributed by atoms with Crippen LogP contribution in [0.25, 0.3) is 22.2 Å². The lowest BCUT2D eigenvalue weighted by Crippen LogP contribution is -2.46. The molecule has 4 N–H and O–H groups in total. The van der Waals surface area contributed by atoms with E-state index in [0.717, 1.165) is 44.0 Å². The van der Waals surface area contributed by atoms with E-state index >= 15 is 0 Å². The Balaban J connectivity index is 1.38. The van der Waals surface area contributed by atoms with Crippen molar-refractivity contribution in [2.24, 2.45) is 5.92 Å². The average Bonchev–Trinajstić information content (AvgIpc) is 3.80. The smallest absolute Gasteiger partial charge is 0.419 e. The Hall–Kier alpha value is -3.34. The highest BCUT2D eigenvalue weighted by atomic mass is 19.4. The summed E-state index contributed by atoms with van der Waals surface area (Å²) < 4.78 is 46.9. The molecule has 196 valence electrons. The molecule has 0 radical (unpaired) electrons. The summed E-state index contributed by atoms with van der Waals surface area (Å²) in [6, 6.07) is 3.47. The van der Waals surface area contributed by atoms with Crippen LogP contribution in [-0.2, 0) is 17.3 Å². The first kappa shape index (κ1) is 24.0. The summed E-state index contributed by atoms with van der Waals surface area (Å²) in [4.78, 5) is 23.5. The van der Waals surface area contributed by atoms with Crippen LogP contribution in [-0.4, -0.2) is 46.3 Å². The fourth-order valence-corrected chi connectivity index (χ4v) is 5.28. The molecule has 3 aliphatic rings. The van der Waals surface area contributed by atoms with E-state index in [1.165, 1.54) is 20.0 Å². The van der Waals surface area contributed by atoms with Crippen molar-refractivity contribution in [3.63, 3.8) is 0 Å². The van der Waals surface area contributed by atoms with Gasteiger partial charge in [-0.2, -0.15) is 13.2 Å². The van der Waals surface area contributed by atoms with Crippen LogP contribution in [0.15, 0.2) is 24.5 Å². The van der Waals surface area contributed by atoms with Crippen molar-refractivity contribution in [3.05, 3.63) is 35.7 Å². The molecule has 2 aliphatic carbocycles. The van der Waals surface area contributed by atoms with Crippen LogP contribution in [0.1, 0.15) is 49.7 Å². The molecule has 6 rings (SSSR count). The van der Waals surface area contributed by atoms with Gasteiger partial charge >= 0.3 is 12.3 Å². The van der Waals surface area contributed by atoms with Crippen molar-refractivity contribution >= 4 is 28.6 Å². The van der Waals surface area contributed by atoms with E-state index in [1.807, 2.05) is 0 Å². The molecule has 2 saturated carbocycles. The van der Waals surface area contributed by atoms with Crippen LogP contribution in [0.3, 0.4) is 0 Å². The molecule has 1 spiro atoms. The van der Waals surface area contributed by atoms with Crippen molar-refractivity contribution in [3.8, 4) is 11.3 Å². The van der Waals surface area contributed by atoms with E-state index in [-0.39, 0.29) is 23.2 Å². The Morgan fingerprint density at radius 3 is 2.68 bits per heavy atom. The fourth-order valence-electron chi connectivity index (χ4n) is 5.28. The summed E-state index contributed by atoms with van der Waals surface area (Å²) in [5.74, 6) is 0.660. The summed E-state index contributed by atoms with van der Waals surface area (Å²) in [6.45, 7) is 0.729. The highest BCUT2D eigenvalue weighted by Gasteiger charge is 2.45. The van der Waals surface area contributed by atoms with E-state index < -0.39 is 17.8 Å². The Morgan fingerprint density at radius 2 is 2.03 bits per heavy atom. The predicted octanol–water partition coefficient (Wildman–Crippen LogP) is 5.47. The lowest BCUT2D eigenvalue weighted by Gasteiger charge is -2.30. The summed E-state index contributed by atoms with van der Waals surface area (Å²) in [5, 5.41) is 10.1. The van der Waals surface area contributed by atoms with E-state index in [9.17, 15) is 18.0 Å². The molecule has 37 heavy (non-hydrogen) atoms.